The highest BCUT2D eigenvalue weighted by molar-refractivity contribution is 7.89. The molecule has 0 radical (unpaired) electrons. The van der Waals surface area contributed by atoms with Crippen LogP contribution in [0, 0.1) is 0 Å². The van der Waals surface area contributed by atoms with Gasteiger partial charge in [-0.15, -0.1) is 13.2 Å². The molecule has 1 aromatic heterocycles. The van der Waals surface area contributed by atoms with Crippen molar-refractivity contribution in [1.29, 1.82) is 0 Å². The van der Waals surface area contributed by atoms with Crippen LogP contribution in [0.3, 0.4) is 0 Å². The second kappa shape index (κ2) is 12.1. The van der Waals surface area contributed by atoms with Gasteiger partial charge in [-0.2, -0.15) is 9.30 Å². The smallest absolute Gasteiger partial charge is 0.279 e. The summed E-state index contributed by atoms with van der Waals surface area (Å²) in [6, 6.07) is 11.5. The predicted octanol–water partition coefficient (Wildman–Crippen LogP) is 3.85. The van der Waals surface area contributed by atoms with E-state index in [4.69, 9.17) is 9.47 Å². The molecule has 0 atom stereocenters. The summed E-state index contributed by atoms with van der Waals surface area (Å²) in [6.07, 6.45) is 3.03. The van der Waals surface area contributed by atoms with E-state index in [2.05, 4.69) is 18.2 Å². The molecule has 0 saturated carbocycles. The van der Waals surface area contributed by atoms with Crippen molar-refractivity contribution in [2.75, 3.05) is 33.4 Å². The summed E-state index contributed by atoms with van der Waals surface area (Å²) in [5.74, 6) is 0.239. The number of hydrogen-bond donors (Lipinski definition) is 0. The molecule has 0 unspecified atom stereocenters. The predicted molar refractivity (Wildman–Crippen MR) is 138 cm³/mol. The third-order valence-corrected chi connectivity index (χ3v) is 7.97. The van der Waals surface area contributed by atoms with Gasteiger partial charge in [-0.1, -0.05) is 29.6 Å². The van der Waals surface area contributed by atoms with Crippen molar-refractivity contribution in [1.82, 2.24) is 8.87 Å². The summed E-state index contributed by atoms with van der Waals surface area (Å²) in [7, 11) is -2.14. The number of fused-ring (bicyclic) bond motifs is 1. The van der Waals surface area contributed by atoms with Crippen molar-refractivity contribution < 1.29 is 22.7 Å². The Labute approximate surface area is 209 Å². The number of carbonyl (C=O) groups is 1. The highest BCUT2D eigenvalue weighted by Crippen LogP contribution is 2.27. The fourth-order valence-corrected chi connectivity index (χ4v) is 5.93. The van der Waals surface area contributed by atoms with Crippen LogP contribution in [0.15, 0.2) is 77.7 Å². The summed E-state index contributed by atoms with van der Waals surface area (Å²) in [6.45, 7) is 10.9. The molecule has 35 heavy (non-hydrogen) atoms. The molecule has 0 aliphatic rings. The van der Waals surface area contributed by atoms with Gasteiger partial charge in [0.15, 0.2) is 4.80 Å². The standard InChI is InChI=1S/C25H29N3O5S2/c1-5-15-27(16-6-2)35(30,31)20-13-11-19(12-14-20)24(29)26-25-28(17-18-32-4)23-21(33-7-3)9-8-10-22(23)34-25/h5-6,8-14H,1-2,7,15-18H2,3-4H3. The number of para-hydroxylation sites is 1. The fourth-order valence-electron chi connectivity index (χ4n) is 3.47. The maximum absolute atomic E-state index is 13.0. The molecule has 0 N–H and O–H groups in total. The van der Waals surface area contributed by atoms with Crippen LogP contribution in [0.4, 0.5) is 0 Å². The van der Waals surface area contributed by atoms with Crippen molar-refractivity contribution in [3.63, 3.8) is 0 Å². The highest BCUT2D eigenvalue weighted by Gasteiger charge is 2.22. The Hall–Kier alpha value is -3.05. The van der Waals surface area contributed by atoms with Crippen LogP contribution in [0.1, 0.15) is 17.3 Å². The first-order valence-electron chi connectivity index (χ1n) is 11.0. The molecule has 2 aromatic carbocycles. The van der Waals surface area contributed by atoms with Crippen LogP contribution in [-0.2, 0) is 21.3 Å². The lowest BCUT2D eigenvalue weighted by molar-refractivity contribution is 0.0997. The summed E-state index contributed by atoms with van der Waals surface area (Å²) in [5, 5.41) is 0. The molecule has 0 aliphatic heterocycles. The summed E-state index contributed by atoms with van der Waals surface area (Å²) in [5.41, 5.74) is 1.14. The van der Waals surface area contributed by atoms with E-state index in [1.54, 1.807) is 7.11 Å². The van der Waals surface area contributed by atoms with E-state index in [0.29, 0.717) is 30.3 Å². The topological polar surface area (TPSA) is 90.2 Å². The lowest BCUT2D eigenvalue weighted by Crippen LogP contribution is -2.31. The molecule has 3 rings (SSSR count). The molecular weight excluding hydrogens is 486 g/mol. The monoisotopic (exact) mass is 515 g/mol. The Morgan fingerprint density at radius 1 is 1.14 bits per heavy atom. The second-order valence-electron chi connectivity index (χ2n) is 7.41. The Kier molecular flexibility index (Phi) is 9.16. The van der Waals surface area contributed by atoms with Crippen molar-refractivity contribution in [3.8, 4) is 5.75 Å². The van der Waals surface area contributed by atoms with Crippen LogP contribution >= 0.6 is 11.3 Å². The van der Waals surface area contributed by atoms with E-state index in [-0.39, 0.29) is 23.5 Å². The van der Waals surface area contributed by atoms with Gasteiger partial charge in [-0.3, -0.25) is 4.79 Å². The maximum atomic E-state index is 13.0. The first-order chi connectivity index (χ1) is 16.9. The van der Waals surface area contributed by atoms with Gasteiger partial charge >= 0.3 is 0 Å². The normalized spacial score (nSPS) is 12.3. The van der Waals surface area contributed by atoms with Crippen molar-refractivity contribution in [3.05, 3.63) is 78.1 Å². The highest BCUT2D eigenvalue weighted by atomic mass is 32.2. The van der Waals surface area contributed by atoms with Gasteiger partial charge in [0.1, 0.15) is 11.3 Å². The van der Waals surface area contributed by atoms with Crippen LogP contribution in [-0.4, -0.2) is 56.6 Å². The minimum Gasteiger partial charge on any atom is -0.492 e. The zero-order chi connectivity index (χ0) is 25.4. The van der Waals surface area contributed by atoms with Crippen molar-refractivity contribution >= 4 is 37.5 Å². The van der Waals surface area contributed by atoms with E-state index in [1.807, 2.05) is 29.7 Å². The minimum atomic E-state index is -3.75. The van der Waals surface area contributed by atoms with Gasteiger partial charge in [0.2, 0.25) is 10.0 Å². The summed E-state index contributed by atoms with van der Waals surface area (Å²) < 4.78 is 41.0. The molecule has 3 aromatic rings. The SMILES string of the molecule is C=CCN(CC=C)S(=O)(=O)c1ccc(C(=O)N=c2sc3cccc(OCC)c3n2CCOC)cc1. The number of rotatable bonds is 12. The van der Waals surface area contributed by atoms with Crippen LogP contribution < -0.4 is 9.54 Å². The number of aromatic nitrogens is 1. The molecule has 1 amide bonds. The molecule has 8 nitrogen and oxygen atoms in total. The number of carbonyl (C=O) groups excluding carboxylic acids is 1. The third-order valence-electron chi connectivity index (χ3n) is 5.08. The van der Waals surface area contributed by atoms with Gasteiger partial charge in [0, 0.05) is 32.3 Å². The number of sulfonamides is 1. The van der Waals surface area contributed by atoms with E-state index in [0.717, 1.165) is 10.2 Å². The molecule has 10 heteroatoms. The zero-order valence-corrected chi connectivity index (χ0v) is 21.5. The van der Waals surface area contributed by atoms with Crippen LogP contribution in [0.25, 0.3) is 10.2 Å². The molecule has 0 aliphatic carbocycles. The Balaban J connectivity index is 1.99. The lowest BCUT2D eigenvalue weighted by Gasteiger charge is -2.19. The molecule has 0 saturated heterocycles. The van der Waals surface area contributed by atoms with Crippen molar-refractivity contribution in [2.45, 2.75) is 18.4 Å². The largest absolute Gasteiger partial charge is 0.492 e. The number of amides is 1. The van der Waals surface area contributed by atoms with Gasteiger partial charge < -0.3 is 14.0 Å². The molecule has 0 bridgehead atoms. The molecular formula is C25H29N3O5S2. The summed E-state index contributed by atoms with van der Waals surface area (Å²) in [4.78, 5) is 17.9. The number of thiazole rings is 1. The zero-order valence-electron chi connectivity index (χ0n) is 19.8. The molecule has 0 fully saturated rings. The van der Waals surface area contributed by atoms with Gasteiger partial charge in [0.05, 0.1) is 22.8 Å². The Bertz CT molecular complexity index is 1360. The van der Waals surface area contributed by atoms with E-state index in [9.17, 15) is 13.2 Å². The van der Waals surface area contributed by atoms with E-state index >= 15 is 0 Å². The number of methoxy groups -OCH3 is 1. The first-order valence-corrected chi connectivity index (χ1v) is 13.3. The van der Waals surface area contributed by atoms with Gasteiger partial charge in [-0.05, 0) is 43.3 Å². The molecule has 0 spiro atoms. The average molecular weight is 516 g/mol. The number of nitrogens with zero attached hydrogens (tertiary/aromatic N) is 3. The maximum Gasteiger partial charge on any atom is 0.279 e. The van der Waals surface area contributed by atoms with Crippen molar-refractivity contribution in [2.24, 2.45) is 4.99 Å². The lowest BCUT2D eigenvalue weighted by atomic mass is 10.2. The van der Waals surface area contributed by atoms with E-state index in [1.165, 1.54) is 52.1 Å². The number of ether oxygens (including phenoxy) is 2. The first kappa shape index (κ1) is 26.6. The Morgan fingerprint density at radius 2 is 1.83 bits per heavy atom. The molecule has 1 heterocycles. The van der Waals surface area contributed by atoms with Crippen LogP contribution in [0.2, 0.25) is 0 Å². The van der Waals surface area contributed by atoms with E-state index < -0.39 is 15.9 Å². The number of hydrogen-bond acceptors (Lipinski definition) is 6. The fraction of sp³-hybridized carbons (Fsp3) is 0.280. The quantitative estimate of drug-likeness (QED) is 0.342. The van der Waals surface area contributed by atoms with Gasteiger partial charge in [-0.25, -0.2) is 8.42 Å². The number of benzene rings is 2. The third kappa shape index (κ3) is 5.96. The van der Waals surface area contributed by atoms with Gasteiger partial charge in [0.25, 0.3) is 5.91 Å². The Morgan fingerprint density at radius 3 is 2.43 bits per heavy atom. The molecule has 186 valence electrons. The average Bonchev–Trinajstić information content (AvgIpc) is 3.20. The van der Waals surface area contributed by atoms with Crippen LogP contribution in [0.5, 0.6) is 5.75 Å². The summed E-state index contributed by atoms with van der Waals surface area (Å²) >= 11 is 1.38. The minimum absolute atomic E-state index is 0.0797. The second-order valence-corrected chi connectivity index (χ2v) is 10.4.